The molecular weight excluding hydrogens is 422 g/mol. The fourth-order valence-corrected chi connectivity index (χ4v) is 3.72. The van der Waals surface area contributed by atoms with Crippen LogP contribution in [0, 0.1) is 5.82 Å². The molecule has 2 aromatic carbocycles. The van der Waals surface area contributed by atoms with Crippen LogP contribution in [0.5, 0.6) is 5.75 Å². The third kappa shape index (κ3) is 5.26. The molecule has 0 aromatic heterocycles. The Hall–Kier alpha value is -1.60. The molecule has 4 nitrogen and oxygen atoms in total. The van der Waals surface area contributed by atoms with Gasteiger partial charge in [-0.1, -0.05) is 29.3 Å². The van der Waals surface area contributed by atoms with Gasteiger partial charge in [0.2, 0.25) is 0 Å². The number of hydrogen-bond donors (Lipinski definition) is 1. The lowest BCUT2D eigenvalue weighted by Gasteiger charge is -2.29. The van der Waals surface area contributed by atoms with Crippen molar-refractivity contribution in [2.75, 3.05) is 25.6 Å². The second-order valence-electron chi connectivity index (χ2n) is 6.49. The first-order valence-electron chi connectivity index (χ1n) is 8.92. The van der Waals surface area contributed by atoms with E-state index >= 15 is 0 Å². The summed E-state index contributed by atoms with van der Waals surface area (Å²) in [5.41, 5.74) is 1.07. The lowest BCUT2D eigenvalue weighted by Crippen LogP contribution is -2.39. The number of ether oxygens (including phenoxy) is 2. The Morgan fingerprint density at radius 3 is 2.86 bits per heavy atom. The lowest BCUT2D eigenvalue weighted by molar-refractivity contribution is 0.0903. The molecule has 3 rings (SSSR count). The van der Waals surface area contributed by atoms with Gasteiger partial charge in [0.05, 0.1) is 18.9 Å². The van der Waals surface area contributed by atoms with Crippen molar-refractivity contribution in [1.82, 2.24) is 4.90 Å². The standard InChI is InChI=1S/C20H21Cl2FN2O2S/c1-26-19-10-13(21)7-8-18(19)24-20(28)25(11-14-4-3-9-27-14)12-15-16(22)5-2-6-17(15)23/h2,5-8,10,14H,3-4,9,11-12H2,1H3,(H,24,28). The number of anilines is 1. The summed E-state index contributed by atoms with van der Waals surface area (Å²) in [5, 5.41) is 4.52. The molecule has 1 fully saturated rings. The fraction of sp³-hybridized carbons (Fsp3) is 0.350. The molecule has 1 unspecified atom stereocenters. The van der Waals surface area contributed by atoms with E-state index < -0.39 is 0 Å². The van der Waals surface area contributed by atoms with Gasteiger partial charge in [0.25, 0.3) is 0 Å². The smallest absolute Gasteiger partial charge is 0.173 e. The van der Waals surface area contributed by atoms with Crippen LogP contribution in [0.3, 0.4) is 0 Å². The molecule has 0 spiro atoms. The first-order valence-corrected chi connectivity index (χ1v) is 10.1. The van der Waals surface area contributed by atoms with Gasteiger partial charge >= 0.3 is 0 Å². The zero-order valence-corrected chi connectivity index (χ0v) is 17.7. The van der Waals surface area contributed by atoms with Crippen LogP contribution in [0.15, 0.2) is 36.4 Å². The maximum atomic E-state index is 14.3. The molecule has 1 N–H and O–H groups in total. The van der Waals surface area contributed by atoms with Crippen molar-refractivity contribution >= 4 is 46.2 Å². The van der Waals surface area contributed by atoms with Crippen molar-refractivity contribution in [3.8, 4) is 5.75 Å². The van der Waals surface area contributed by atoms with E-state index in [-0.39, 0.29) is 18.5 Å². The molecule has 1 saturated heterocycles. The Balaban J connectivity index is 1.82. The quantitative estimate of drug-likeness (QED) is 0.595. The zero-order chi connectivity index (χ0) is 20.1. The summed E-state index contributed by atoms with van der Waals surface area (Å²) in [7, 11) is 1.56. The van der Waals surface area contributed by atoms with E-state index in [9.17, 15) is 4.39 Å². The first-order chi connectivity index (χ1) is 13.5. The summed E-state index contributed by atoms with van der Waals surface area (Å²) in [6.07, 6.45) is 1.98. The third-order valence-corrected chi connectivity index (χ3v) is 5.50. The number of rotatable bonds is 6. The van der Waals surface area contributed by atoms with Crippen LogP contribution >= 0.6 is 35.4 Å². The van der Waals surface area contributed by atoms with Crippen LogP contribution in [0.4, 0.5) is 10.1 Å². The highest BCUT2D eigenvalue weighted by Gasteiger charge is 2.23. The Labute approximate surface area is 179 Å². The van der Waals surface area contributed by atoms with Gasteiger partial charge < -0.3 is 19.7 Å². The van der Waals surface area contributed by atoms with Crippen LogP contribution in [0.2, 0.25) is 10.0 Å². The molecule has 8 heteroatoms. The Morgan fingerprint density at radius 2 is 2.18 bits per heavy atom. The number of hydrogen-bond acceptors (Lipinski definition) is 3. The van der Waals surface area contributed by atoms with Gasteiger partial charge in [-0.3, -0.25) is 0 Å². The topological polar surface area (TPSA) is 33.7 Å². The van der Waals surface area contributed by atoms with Crippen molar-refractivity contribution < 1.29 is 13.9 Å². The number of thiocarbonyl (C=S) groups is 1. The van der Waals surface area contributed by atoms with Gasteiger partial charge in [0, 0.05) is 41.4 Å². The second kappa shape index (κ2) is 9.74. The molecule has 0 bridgehead atoms. The average molecular weight is 443 g/mol. The van der Waals surface area contributed by atoms with E-state index in [1.54, 1.807) is 37.4 Å². The van der Waals surface area contributed by atoms with E-state index in [1.165, 1.54) is 6.07 Å². The Bertz CT molecular complexity index is 827. The summed E-state index contributed by atoms with van der Waals surface area (Å²) in [4.78, 5) is 1.86. The molecule has 2 aromatic rings. The predicted octanol–water partition coefficient (Wildman–Crippen LogP) is 5.52. The molecular formula is C20H21Cl2FN2O2S. The van der Waals surface area contributed by atoms with E-state index in [2.05, 4.69) is 5.32 Å². The lowest BCUT2D eigenvalue weighted by atomic mass is 10.1. The van der Waals surface area contributed by atoms with Gasteiger partial charge in [-0.05, 0) is 49.3 Å². The maximum Gasteiger partial charge on any atom is 0.173 e. The summed E-state index contributed by atoms with van der Waals surface area (Å²) < 4.78 is 25.4. The summed E-state index contributed by atoms with van der Waals surface area (Å²) in [5.74, 6) is 0.201. The highest BCUT2D eigenvalue weighted by atomic mass is 35.5. The highest BCUT2D eigenvalue weighted by Crippen LogP contribution is 2.29. The molecule has 0 amide bonds. The van der Waals surface area contributed by atoms with Gasteiger partial charge in [-0.2, -0.15) is 0 Å². The third-order valence-electron chi connectivity index (χ3n) is 4.55. The summed E-state index contributed by atoms with van der Waals surface area (Å²) in [6, 6.07) is 9.87. The zero-order valence-electron chi connectivity index (χ0n) is 15.4. The van der Waals surface area contributed by atoms with E-state index in [4.69, 9.17) is 44.9 Å². The molecule has 1 heterocycles. The molecule has 0 radical (unpaired) electrons. The van der Waals surface area contributed by atoms with Crippen LogP contribution in [-0.4, -0.2) is 36.4 Å². The second-order valence-corrected chi connectivity index (χ2v) is 7.72. The van der Waals surface area contributed by atoms with E-state index in [0.29, 0.717) is 38.7 Å². The maximum absolute atomic E-state index is 14.3. The van der Waals surface area contributed by atoms with Crippen LogP contribution < -0.4 is 10.1 Å². The van der Waals surface area contributed by atoms with Crippen LogP contribution in [0.1, 0.15) is 18.4 Å². The average Bonchev–Trinajstić information content (AvgIpc) is 3.18. The molecule has 28 heavy (non-hydrogen) atoms. The fourth-order valence-electron chi connectivity index (χ4n) is 3.09. The number of benzene rings is 2. The molecule has 0 saturated carbocycles. The predicted molar refractivity (Wildman–Crippen MR) is 115 cm³/mol. The molecule has 1 aliphatic rings. The van der Waals surface area contributed by atoms with Crippen molar-refractivity contribution in [2.24, 2.45) is 0 Å². The molecule has 1 aliphatic heterocycles. The number of methoxy groups -OCH3 is 1. The first kappa shape index (κ1) is 21.1. The number of nitrogens with one attached hydrogen (secondary N) is 1. The number of halogens is 3. The Kier molecular flexibility index (Phi) is 7.35. The molecule has 1 atom stereocenters. The normalized spacial score (nSPS) is 16.1. The minimum absolute atomic E-state index is 0.0393. The minimum atomic E-state index is -0.364. The summed E-state index contributed by atoms with van der Waals surface area (Å²) in [6.45, 7) is 1.49. The highest BCUT2D eigenvalue weighted by molar-refractivity contribution is 7.80. The van der Waals surface area contributed by atoms with Gasteiger partial charge in [-0.25, -0.2) is 4.39 Å². The molecule has 150 valence electrons. The summed E-state index contributed by atoms with van der Waals surface area (Å²) >= 11 is 17.9. The molecule has 0 aliphatic carbocycles. The number of nitrogens with zero attached hydrogens (tertiary/aromatic N) is 1. The van der Waals surface area contributed by atoms with Crippen molar-refractivity contribution in [2.45, 2.75) is 25.5 Å². The van der Waals surface area contributed by atoms with Crippen LogP contribution in [0.25, 0.3) is 0 Å². The van der Waals surface area contributed by atoms with Crippen molar-refractivity contribution in [1.29, 1.82) is 0 Å². The van der Waals surface area contributed by atoms with Crippen molar-refractivity contribution in [3.05, 3.63) is 57.8 Å². The Morgan fingerprint density at radius 1 is 1.36 bits per heavy atom. The van der Waals surface area contributed by atoms with Gasteiger partial charge in [0.1, 0.15) is 11.6 Å². The minimum Gasteiger partial charge on any atom is -0.495 e. The van der Waals surface area contributed by atoms with E-state index in [0.717, 1.165) is 19.4 Å². The van der Waals surface area contributed by atoms with Crippen molar-refractivity contribution in [3.63, 3.8) is 0 Å². The monoisotopic (exact) mass is 442 g/mol. The van der Waals surface area contributed by atoms with E-state index in [1.807, 2.05) is 4.90 Å². The van der Waals surface area contributed by atoms with Gasteiger partial charge in [0.15, 0.2) is 5.11 Å². The van der Waals surface area contributed by atoms with Crippen LogP contribution in [-0.2, 0) is 11.3 Å². The van der Waals surface area contributed by atoms with Gasteiger partial charge in [-0.15, -0.1) is 0 Å². The SMILES string of the molecule is COc1cc(Cl)ccc1NC(=S)N(Cc1c(F)cccc1Cl)CC1CCCO1. The largest absolute Gasteiger partial charge is 0.495 e.